The Hall–Kier alpha value is -1.71. The Morgan fingerprint density at radius 2 is 1.85 bits per heavy atom. The molecule has 0 saturated carbocycles. The number of thioether (sulfide) groups is 1. The monoisotopic (exact) mass is 283 g/mol. The van der Waals surface area contributed by atoms with Crippen LogP contribution in [0.1, 0.15) is 17.4 Å². The SMILES string of the molecule is NC(CSCc1ccco1)c1ccc2ccccc2c1. The Balaban J connectivity index is 1.64. The van der Waals surface area contributed by atoms with Crippen molar-refractivity contribution in [3.8, 4) is 0 Å². The lowest BCUT2D eigenvalue weighted by Crippen LogP contribution is -2.13. The summed E-state index contributed by atoms with van der Waals surface area (Å²) in [6.45, 7) is 0. The molecule has 0 spiro atoms. The fraction of sp³-hybridized carbons (Fsp3) is 0.176. The minimum atomic E-state index is 0.0552. The summed E-state index contributed by atoms with van der Waals surface area (Å²) in [5.41, 5.74) is 7.46. The Morgan fingerprint density at radius 1 is 1.00 bits per heavy atom. The van der Waals surface area contributed by atoms with Gasteiger partial charge in [0.05, 0.1) is 12.0 Å². The third kappa shape index (κ3) is 3.06. The molecular weight excluding hydrogens is 266 g/mol. The standard InChI is InChI=1S/C17H17NOS/c18-17(12-20-11-16-6-3-9-19-16)15-8-7-13-4-1-2-5-14(13)10-15/h1-10,17H,11-12,18H2. The molecule has 0 radical (unpaired) electrons. The number of benzene rings is 2. The molecule has 0 bridgehead atoms. The highest BCUT2D eigenvalue weighted by atomic mass is 32.2. The second-order valence-electron chi connectivity index (χ2n) is 4.81. The first kappa shape index (κ1) is 13.3. The molecule has 3 heteroatoms. The first-order valence-electron chi connectivity index (χ1n) is 6.67. The molecular formula is C17H17NOS. The minimum Gasteiger partial charge on any atom is -0.468 e. The van der Waals surface area contributed by atoms with Gasteiger partial charge in [0.1, 0.15) is 5.76 Å². The molecule has 0 saturated heterocycles. The van der Waals surface area contributed by atoms with Gasteiger partial charge in [-0.2, -0.15) is 11.8 Å². The van der Waals surface area contributed by atoms with E-state index >= 15 is 0 Å². The van der Waals surface area contributed by atoms with Crippen LogP contribution >= 0.6 is 11.8 Å². The number of furan rings is 1. The van der Waals surface area contributed by atoms with Crippen LogP contribution in [0.25, 0.3) is 10.8 Å². The van der Waals surface area contributed by atoms with Crippen molar-refractivity contribution in [2.75, 3.05) is 5.75 Å². The number of hydrogen-bond acceptors (Lipinski definition) is 3. The molecule has 102 valence electrons. The van der Waals surface area contributed by atoms with Gasteiger partial charge in [-0.3, -0.25) is 0 Å². The van der Waals surface area contributed by atoms with E-state index in [1.807, 2.05) is 12.1 Å². The average molecular weight is 283 g/mol. The van der Waals surface area contributed by atoms with Crippen molar-refractivity contribution in [1.82, 2.24) is 0 Å². The molecule has 2 nitrogen and oxygen atoms in total. The molecule has 3 rings (SSSR count). The molecule has 2 aromatic carbocycles. The first-order chi connectivity index (χ1) is 9.83. The van der Waals surface area contributed by atoms with E-state index in [0.717, 1.165) is 17.3 Å². The molecule has 1 unspecified atom stereocenters. The Labute approximate surface area is 123 Å². The summed E-state index contributed by atoms with van der Waals surface area (Å²) in [6.07, 6.45) is 1.71. The largest absolute Gasteiger partial charge is 0.468 e. The second kappa shape index (κ2) is 6.16. The highest BCUT2D eigenvalue weighted by Crippen LogP contribution is 2.23. The summed E-state index contributed by atoms with van der Waals surface area (Å²) in [4.78, 5) is 0. The first-order valence-corrected chi connectivity index (χ1v) is 7.83. The van der Waals surface area contributed by atoms with Gasteiger partial charge in [-0.15, -0.1) is 0 Å². The van der Waals surface area contributed by atoms with Gasteiger partial charge in [-0.05, 0) is 34.5 Å². The highest BCUT2D eigenvalue weighted by molar-refractivity contribution is 7.98. The summed E-state index contributed by atoms with van der Waals surface area (Å²) in [7, 11) is 0. The molecule has 3 aromatic rings. The highest BCUT2D eigenvalue weighted by Gasteiger charge is 2.07. The third-order valence-corrected chi connectivity index (χ3v) is 4.41. The van der Waals surface area contributed by atoms with Crippen LogP contribution in [0, 0.1) is 0 Å². The van der Waals surface area contributed by atoms with Crippen LogP contribution in [0.3, 0.4) is 0 Å². The van der Waals surface area contributed by atoms with E-state index in [2.05, 4.69) is 42.5 Å². The average Bonchev–Trinajstić information content (AvgIpc) is 3.00. The lowest BCUT2D eigenvalue weighted by atomic mass is 10.0. The number of rotatable bonds is 5. The number of nitrogens with two attached hydrogens (primary N) is 1. The van der Waals surface area contributed by atoms with Crippen LogP contribution < -0.4 is 5.73 Å². The lowest BCUT2D eigenvalue weighted by Gasteiger charge is -2.12. The quantitative estimate of drug-likeness (QED) is 0.756. The van der Waals surface area contributed by atoms with E-state index in [4.69, 9.17) is 10.2 Å². The van der Waals surface area contributed by atoms with Crippen LogP contribution in [0.5, 0.6) is 0 Å². The molecule has 0 fully saturated rings. The van der Waals surface area contributed by atoms with Crippen molar-refractivity contribution in [3.63, 3.8) is 0 Å². The van der Waals surface area contributed by atoms with E-state index in [0.29, 0.717) is 0 Å². The summed E-state index contributed by atoms with van der Waals surface area (Å²) >= 11 is 1.80. The zero-order chi connectivity index (χ0) is 13.8. The van der Waals surface area contributed by atoms with Crippen LogP contribution in [0.15, 0.2) is 65.3 Å². The van der Waals surface area contributed by atoms with Crippen molar-refractivity contribution in [3.05, 3.63) is 72.2 Å². The second-order valence-corrected chi connectivity index (χ2v) is 5.84. The zero-order valence-corrected chi connectivity index (χ0v) is 12.0. The molecule has 0 amide bonds. The van der Waals surface area contributed by atoms with Crippen molar-refractivity contribution in [2.24, 2.45) is 5.73 Å². The minimum absolute atomic E-state index is 0.0552. The van der Waals surface area contributed by atoms with Crippen LogP contribution in [-0.4, -0.2) is 5.75 Å². The molecule has 20 heavy (non-hydrogen) atoms. The van der Waals surface area contributed by atoms with Gasteiger partial charge in [0, 0.05) is 11.8 Å². The molecule has 0 aliphatic carbocycles. The molecule has 1 heterocycles. The van der Waals surface area contributed by atoms with Gasteiger partial charge in [-0.25, -0.2) is 0 Å². The zero-order valence-electron chi connectivity index (χ0n) is 11.2. The molecule has 1 aromatic heterocycles. The number of hydrogen-bond donors (Lipinski definition) is 1. The smallest absolute Gasteiger partial charge is 0.113 e. The summed E-state index contributed by atoms with van der Waals surface area (Å²) in [5.74, 6) is 2.76. The van der Waals surface area contributed by atoms with Crippen LogP contribution in [0.4, 0.5) is 0 Å². The Morgan fingerprint density at radius 3 is 2.65 bits per heavy atom. The van der Waals surface area contributed by atoms with E-state index in [9.17, 15) is 0 Å². The summed E-state index contributed by atoms with van der Waals surface area (Å²) < 4.78 is 5.32. The van der Waals surface area contributed by atoms with Gasteiger partial charge in [-0.1, -0.05) is 36.4 Å². The van der Waals surface area contributed by atoms with Crippen LogP contribution in [0.2, 0.25) is 0 Å². The third-order valence-electron chi connectivity index (χ3n) is 3.32. The predicted octanol–water partition coefficient (Wildman–Crippen LogP) is 4.37. The number of fused-ring (bicyclic) bond motifs is 1. The van der Waals surface area contributed by atoms with Gasteiger partial charge in [0.25, 0.3) is 0 Å². The molecule has 0 aliphatic heterocycles. The predicted molar refractivity (Wildman–Crippen MR) is 85.7 cm³/mol. The van der Waals surface area contributed by atoms with E-state index in [1.54, 1.807) is 18.0 Å². The topological polar surface area (TPSA) is 39.2 Å². The van der Waals surface area contributed by atoms with Gasteiger partial charge in [0.2, 0.25) is 0 Å². The fourth-order valence-corrected chi connectivity index (χ4v) is 3.15. The van der Waals surface area contributed by atoms with Crippen molar-refractivity contribution < 1.29 is 4.42 Å². The Kier molecular flexibility index (Phi) is 4.09. The summed E-state index contributed by atoms with van der Waals surface area (Å²) in [5, 5.41) is 2.50. The van der Waals surface area contributed by atoms with Crippen LogP contribution in [-0.2, 0) is 5.75 Å². The maximum Gasteiger partial charge on any atom is 0.113 e. The molecule has 0 aliphatic rings. The maximum atomic E-state index is 6.27. The van der Waals surface area contributed by atoms with Gasteiger partial charge >= 0.3 is 0 Å². The van der Waals surface area contributed by atoms with E-state index in [1.165, 1.54) is 16.3 Å². The van der Waals surface area contributed by atoms with Crippen molar-refractivity contribution in [2.45, 2.75) is 11.8 Å². The normalized spacial score (nSPS) is 12.7. The van der Waals surface area contributed by atoms with E-state index < -0.39 is 0 Å². The van der Waals surface area contributed by atoms with Crippen molar-refractivity contribution >= 4 is 22.5 Å². The fourth-order valence-electron chi connectivity index (χ4n) is 2.22. The maximum absolute atomic E-state index is 6.27. The molecule has 2 N–H and O–H groups in total. The van der Waals surface area contributed by atoms with Crippen molar-refractivity contribution in [1.29, 1.82) is 0 Å². The molecule has 1 atom stereocenters. The lowest BCUT2D eigenvalue weighted by molar-refractivity contribution is 0.530. The van der Waals surface area contributed by atoms with E-state index in [-0.39, 0.29) is 6.04 Å². The van der Waals surface area contributed by atoms with Gasteiger partial charge in [0.15, 0.2) is 0 Å². The Bertz CT molecular complexity index is 678. The van der Waals surface area contributed by atoms with Gasteiger partial charge < -0.3 is 10.2 Å². The summed E-state index contributed by atoms with van der Waals surface area (Å²) in [6, 6.07) is 18.8.